The van der Waals surface area contributed by atoms with Gasteiger partial charge < -0.3 is 15.2 Å². The van der Waals surface area contributed by atoms with Crippen molar-refractivity contribution in [3.8, 4) is 0 Å². The monoisotopic (exact) mass is 285 g/mol. The molecule has 0 bridgehead atoms. The summed E-state index contributed by atoms with van der Waals surface area (Å²) in [5.74, 6) is -1.32. The number of carbonyl (C=O) groups is 3. The van der Waals surface area contributed by atoms with Crippen molar-refractivity contribution in [3.05, 3.63) is 0 Å². The number of hydrogen-bond donors (Lipinski definition) is 2. The van der Waals surface area contributed by atoms with Crippen LogP contribution in [0.2, 0.25) is 0 Å². The second-order valence-corrected chi connectivity index (χ2v) is 5.07. The molecule has 0 aromatic carbocycles. The molecule has 2 N–H and O–H groups in total. The van der Waals surface area contributed by atoms with Gasteiger partial charge in [-0.25, -0.2) is 4.79 Å². The summed E-state index contributed by atoms with van der Waals surface area (Å²) in [5.41, 5.74) is 0. The van der Waals surface area contributed by atoms with Crippen LogP contribution in [0, 0.1) is 0 Å². The second-order valence-electron chi connectivity index (χ2n) is 5.07. The maximum absolute atomic E-state index is 11.6. The molecule has 0 aliphatic rings. The maximum atomic E-state index is 11.6. The zero-order valence-corrected chi connectivity index (χ0v) is 12.4. The molecule has 0 rings (SSSR count). The molecule has 1 amide bonds. The summed E-state index contributed by atoms with van der Waals surface area (Å²) < 4.78 is 0. The summed E-state index contributed by atoms with van der Waals surface area (Å²) in [6, 6.07) is -0.947. The van der Waals surface area contributed by atoms with Crippen LogP contribution in [0.25, 0.3) is 0 Å². The molecular formula is C15H27NO4. The highest BCUT2D eigenvalue weighted by atomic mass is 16.4. The van der Waals surface area contributed by atoms with Crippen molar-refractivity contribution in [3.63, 3.8) is 0 Å². The molecule has 0 aliphatic heterocycles. The lowest BCUT2D eigenvalue weighted by Gasteiger charge is -2.13. The average molecular weight is 285 g/mol. The van der Waals surface area contributed by atoms with Gasteiger partial charge in [-0.2, -0.15) is 0 Å². The minimum atomic E-state index is -1.08. The van der Waals surface area contributed by atoms with Crippen LogP contribution >= 0.6 is 0 Å². The molecule has 0 aromatic rings. The predicted octanol–water partition coefficient (Wildman–Crippen LogP) is 2.68. The number of amides is 1. The predicted molar refractivity (Wildman–Crippen MR) is 77.5 cm³/mol. The Bertz CT molecular complexity index is 292. The fraction of sp³-hybridized carbons (Fsp3) is 0.800. The molecule has 0 fully saturated rings. The van der Waals surface area contributed by atoms with Gasteiger partial charge in [0.1, 0.15) is 12.3 Å². The zero-order chi connectivity index (χ0) is 15.2. The Hall–Kier alpha value is -1.39. The standard InChI is InChI=1S/C15H27NO4/c1-2-3-4-5-6-7-8-11-14(18)16-13(15(19)20)10-9-12-17/h12-13H,2-11H2,1H3,(H,16,18)(H,19,20)/t13-/m0/s1. The summed E-state index contributed by atoms with van der Waals surface area (Å²) in [7, 11) is 0. The topological polar surface area (TPSA) is 83.5 Å². The third-order valence-corrected chi connectivity index (χ3v) is 3.21. The van der Waals surface area contributed by atoms with Crippen molar-refractivity contribution in [1.82, 2.24) is 5.32 Å². The smallest absolute Gasteiger partial charge is 0.326 e. The van der Waals surface area contributed by atoms with Gasteiger partial charge in [0, 0.05) is 12.8 Å². The molecule has 0 heterocycles. The lowest BCUT2D eigenvalue weighted by molar-refractivity contribution is -0.142. The molecule has 0 saturated heterocycles. The second kappa shape index (κ2) is 12.6. The largest absolute Gasteiger partial charge is 0.480 e. The van der Waals surface area contributed by atoms with E-state index in [9.17, 15) is 14.4 Å². The number of carboxylic acid groups (broad SMARTS) is 1. The fourth-order valence-electron chi connectivity index (χ4n) is 2.00. The van der Waals surface area contributed by atoms with Crippen LogP contribution in [0.5, 0.6) is 0 Å². The normalized spacial score (nSPS) is 11.8. The van der Waals surface area contributed by atoms with Gasteiger partial charge in [0.15, 0.2) is 0 Å². The van der Waals surface area contributed by atoms with Crippen LogP contribution in [0.15, 0.2) is 0 Å². The number of nitrogens with one attached hydrogen (secondary N) is 1. The molecule has 0 aliphatic carbocycles. The van der Waals surface area contributed by atoms with Crippen LogP contribution in [0.4, 0.5) is 0 Å². The van der Waals surface area contributed by atoms with E-state index in [4.69, 9.17) is 5.11 Å². The Kier molecular flexibility index (Phi) is 11.8. The van der Waals surface area contributed by atoms with Crippen molar-refractivity contribution >= 4 is 18.2 Å². The molecule has 0 aromatic heterocycles. The number of carbonyl (C=O) groups excluding carboxylic acids is 2. The highest BCUT2D eigenvalue weighted by Crippen LogP contribution is 2.08. The molecule has 5 heteroatoms. The van der Waals surface area contributed by atoms with Crippen LogP contribution < -0.4 is 5.32 Å². The van der Waals surface area contributed by atoms with E-state index in [1.807, 2.05) is 0 Å². The first kappa shape index (κ1) is 18.6. The van der Waals surface area contributed by atoms with Gasteiger partial charge in [-0.1, -0.05) is 45.4 Å². The Morgan fingerprint density at radius 3 is 2.25 bits per heavy atom. The van der Waals surface area contributed by atoms with Crippen molar-refractivity contribution in [1.29, 1.82) is 0 Å². The van der Waals surface area contributed by atoms with Crippen molar-refractivity contribution in [2.24, 2.45) is 0 Å². The van der Waals surface area contributed by atoms with Crippen molar-refractivity contribution in [2.45, 2.75) is 77.2 Å². The Morgan fingerprint density at radius 2 is 1.70 bits per heavy atom. The van der Waals surface area contributed by atoms with E-state index in [2.05, 4.69) is 12.2 Å². The molecule has 1 atom stereocenters. The first-order valence-electron chi connectivity index (χ1n) is 7.57. The summed E-state index contributed by atoms with van der Waals surface area (Å²) in [6.45, 7) is 2.17. The minimum Gasteiger partial charge on any atom is -0.480 e. The minimum absolute atomic E-state index is 0.147. The van der Waals surface area contributed by atoms with Crippen LogP contribution in [-0.2, 0) is 14.4 Å². The highest BCUT2D eigenvalue weighted by Gasteiger charge is 2.18. The summed E-state index contributed by atoms with van der Waals surface area (Å²) >= 11 is 0. The van der Waals surface area contributed by atoms with Crippen LogP contribution in [0.3, 0.4) is 0 Å². The van der Waals surface area contributed by atoms with E-state index in [0.717, 1.165) is 19.3 Å². The highest BCUT2D eigenvalue weighted by molar-refractivity contribution is 5.83. The summed E-state index contributed by atoms with van der Waals surface area (Å²) in [6.07, 6.45) is 9.18. The van der Waals surface area contributed by atoms with Gasteiger partial charge in [-0.15, -0.1) is 0 Å². The number of hydrogen-bond acceptors (Lipinski definition) is 3. The number of unbranched alkanes of at least 4 members (excludes halogenated alkanes) is 6. The van der Waals surface area contributed by atoms with E-state index < -0.39 is 12.0 Å². The van der Waals surface area contributed by atoms with Gasteiger partial charge in [0.2, 0.25) is 5.91 Å². The van der Waals surface area contributed by atoms with Crippen molar-refractivity contribution < 1.29 is 19.5 Å². The van der Waals surface area contributed by atoms with E-state index >= 15 is 0 Å². The number of aliphatic carboxylic acids is 1. The molecule has 0 spiro atoms. The number of carboxylic acids is 1. The number of rotatable bonds is 13. The van der Waals surface area contributed by atoms with Crippen molar-refractivity contribution in [2.75, 3.05) is 0 Å². The molecule has 0 radical (unpaired) electrons. The SMILES string of the molecule is CCCCCCCCCC(=O)N[C@@H](CCC=O)C(=O)O. The maximum Gasteiger partial charge on any atom is 0.326 e. The van der Waals surface area contributed by atoms with Crippen LogP contribution in [0.1, 0.15) is 71.1 Å². The Morgan fingerprint density at radius 1 is 1.10 bits per heavy atom. The molecular weight excluding hydrogens is 258 g/mol. The lowest BCUT2D eigenvalue weighted by Crippen LogP contribution is -2.40. The molecule has 116 valence electrons. The quantitative estimate of drug-likeness (QED) is 0.402. The Balaban J connectivity index is 3.69. The number of aldehydes is 1. The molecule has 20 heavy (non-hydrogen) atoms. The first-order chi connectivity index (χ1) is 9.61. The Labute approximate surface area is 121 Å². The van der Waals surface area contributed by atoms with Gasteiger partial charge in [0.05, 0.1) is 0 Å². The first-order valence-corrected chi connectivity index (χ1v) is 7.57. The van der Waals surface area contributed by atoms with Gasteiger partial charge in [0.25, 0.3) is 0 Å². The molecule has 0 unspecified atom stereocenters. The van der Waals surface area contributed by atoms with Gasteiger partial charge >= 0.3 is 5.97 Å². The van der Waals surface area contributed by atoms with E-state index in [0.29, 0.717) is 12.7 Å². The molecule has 0 saturated carbocycles. The van der Waals surface area contributed by atoms with Gasteiger partial charge in [-0.05, 0) is 12.8 Å². The average Bonchev–Trinajstić information content (AvgIpc) is 2.42. The lowest BCUT2D eigenvalue weighted by atomic mass is 10.1. The summed E-state index contributed by atoms with van der Waals surface area (Å²) in [4.78, 5) is 32.7. The van der Waals surface area contributed by atoms with E-state index in [1.54, 1.807) is 0 Å². The van der Waals surface area contributed by atoms with E-state index in [1.165, 1.54) is 25.7 Å². The summed E-state index contributed by atoms with van der Waals surface area (Å²) in [5, 5.41) is 11.4. The fourth-order valence-corrected chi connectivity index (χ4v) is 2.00. The van der Waals surface area contributed by atoms with Crippen LogP contribution in [-0.4, -0.2) is 29.3 Å². The zero-order valence-electron chi connectivity index (χ0n) is 12.4. The van der Waals surface area contributed by atoms with E-state index in [-0.39, 0.29) is 18.7 Å². The molecule has 5 nitrogen and oxygen atoms in total. The van der Waals surface area contributed by atoms with Gasteiger partial charge in [-0.3, -0.25) is 4.79 Å². The third-order valence-electron chi connectivity index (χ3n) is 3.21. The third kappa shape index (κ3) is 10.5.